The zero-order chi connectivity index (χ0) is 9.14. The molecule has 0 aliphatic carbocycles. The van der Waals surface area contributed by atoms with Gasteiger partial charge < -0.3 is 0 Å². The van der Waals surface area contributed by atoms with Gasteiger partial charge in [0, 0.05) is 18.3 Å². The second kappa shape index (κ2) is 3.53. The number of hydrogen-bond donors (Lipinski definition) is 0. The third-order valence-electron chi connectivity index (χ3n) is 2.18. The number of hydrogen-bond acceptors (Lipinski definition) is 1. The summed E-state index contributed by atoms with van der Waals surface area (Å²) < 4.78 is 0. The Morgan fingerprint density at radius 1 is 1.17 bits per heavy atom. The summed E-state index contributed by atoms with van der Waals surface area (Å²) in [6.45, 7) is 6.30. The van der Waals surface area contributed by atoms with Crippen LogP contribution in [0.15, 0.2) is 23.2 Å². The van der Waals surface area contributed by atoms with Gasteiger partial charge in [-0.05, 0) is 31.9 Å². The Morgan fingerprint density at radius 2 is 1.67 bits per heavy atom. The number of benzene rings is 1. The molecule has 1 aromatic carbocycles. The summed E-state index contributed by atoms with van der Waals surface area (Å²) in [5.74, 6) is 0. The first-order valence-corrected chi connectivity index (χ1v) is 4.16. The molecule has 0 aromatic heterocycles. The quantitative estimate of drug-likeness (QED) is 0.561. The van der Waals surface area contributed by atoms with Crippen molar-refractivity contribution in [3.05, 3.63) is 34.9 Å². The minimum atomic E-state index is 1.12. The Hall–Kier alpha value is -1.11. The Balaban J connectivity index is 3.31. The van der Waals surface area contributed by atoms with Crippen molar-refractivity contribution in [1.29, 1.82) is 0 Å². The van der Waals surface area contributed by atoms with Crippen molar-refractivity contribution in [2.75, 3.05) is 7.05 Å². The van der Waals surface area contributed by atoms with Crippen LogP contribution in [-0.4, -0.2) is 12.8 Å². The maximum atomic E-state index is 4.20. The first-order chi connectivity index (χ1) is 5.66. The molecular weight excluding hydrogens is 146 g/mol. The lowest BCUT2D eigenvalue weighted by atomic mass is 9.99. The lowest BCUT2D eigenvalue weighted by molar-refractivity contribution is 1.32. The van der Waals surface area contributed by atoms with Crippen molar-refractivity contribution < 1.29 is 0 Å². The molecular formula is C11H15N. The SMILES string of the molecule is C/N=C(/C)c1c(C)cccc1C. The van der Waals surface area contributed by atoms with Gasteiger partial charge in [0.05, 0.1) is 0 Å². The number of nitrogens with zero attached hydrogens (tertiary/aromatic N) is 1. The molecule has 64 valence electrons. The molecule has 1 rings (SSSR count). The van der Waals surface area contributed by atoms with Crippen molar-refractivity contribution in [1.82, 2.24) is 0 Å². The van der Waals surface area contributed by atoms with E-state index in [-0.39, 0.29) is 0 Å². The van der Waals surface area contributed by atoms with Crippen molar-refractivity contribution in [2.24, 2.45) is 4.99 Å². The Kier molecular flexibility index (Phi) is 2.64. The normalized spacial score (nSPS) is 11.8. The van der Waals surface area contributed by atoms with Crippen molar-refractivity contribution in [2.45, 2.75) is 20.8 Å². The molecule has 0 unspecified atom stereocenters. The molecule has 0 saturated carbocycles. The maximum absolute atomic E-state index is 4.20. The van der Waals surface area contributed by atoms with E-state index >= 15 is 0 Å². The van der Waals surface area contributed by atoms with Crippen LogP contribution in [-0.2, 0) is 0 Å². The van der Waals surface area contributed by atoms with Gasteiger partial charge in [0.2, 0.25) is 0 Å². The van der Waals surface area contributed by atoms with E-state index in [0.29, 0.717) is 0 Å². The molecule has 0 heterocycles. The third-order valence-corrected chi connectivity index (χ3v) is 2.18. The summed E-state index contributed by atoms with van der Waals surface area (Å²) in [6, 6.07) is 6.32. The largest absolute Gasteiger partial charge is 0.293 e. The summed E-state index contributed by atoms with van der Waals surface area (Å²) in [7, 11) is 1.83. The fourth-order valence-corrected chi connectivity index (χ4v) is 1.50. The fourth-order valence-electron chi connectivity index (χ4n) is 1.50. The van der Waals surface area contributed by atoms with Gasteiger partial charge in [-0.3, -0.25) is 4.99 Å². The van der Waals surface area contributed by atoms with Crippen LogP contribution in [0.3, 0.4) is 0 Å². The fraction of sp³-hybridized carbons (Fsp3) is 0.364. The summed E-state index contributed by atoms with van der Waals surface area (Å²) in [4.78, 5) is 4.20. The van der Waals surface area contributed by atoms with Crippen LogP contribution in [0, 0.1) is 13.8 Å². The molecule has 1 heteroatoms. The Morgan fingerprint density at radius 3 is 2.08 bits per heavy atom. The van der Waals surface area contributed by atoms with Crippen LogP contribution in [0.2, 0.25) is 0 Å². The maximum Gasteiger partial charge on any atom is 0.0391 e. The van der Waals surface area contributed by atoms with Crippen LogP contribution in [0.5, 0.6) is 0 Å². The highest BCUT2D eigenvalue weighted by atomic mass is 14.7. The third kappa shape index (κ3) is 1.55. The first-order valence-electron chi connectivity index (χ1n) is 4.16. The van der Waals surface area contributed by atoms with Gasteiger partial charge in [0.15, 0.2) is 0 Å². The molecule has 0 aliphatic rings. The van der Waals surface area contributed by atoms with Crippen LogP contribution in [0.4, 0.5) is 0 Å². The number of aliphatic imine (C=N–C) groups is 1. The minimum absolute atomic E-state index is 1.12. The van der Waals surface area contributed by atoms with E-state index in [4.69, 9.17) is 0 Å². The molecule has 0 fully saturated rings. The second-order valence-corrected chi connectivity index (χ2v) is 3.08. The van der Waals surface area contributed by atoms with Crippen molar-refractivity contribution in [3.63, 3.8) is 0 Å². The van der Waals surface area contributed by atoms with Crippen LogP contribution >= 0.6 is 0 Å². The van der Waals surface area contributed by atoms with Gasteiger partial charge in [-0.15, -0.1) is 0 Å². The van der Waals surface area contributed by atoms with Crippen LogP contribution in [0.1, 0.15) is 23.6 Å². The highest BCUT2D eigenvalue weighted by Gasteiger charge is 2.03. The zero-order valence-corrected chi connectivity index (χ0v) is 8.18. The van der Waals surface area contributed by atoms with E-state index in [1.54, 1.807) is 0 Å². The molecule has 1 nitrogen and oxygen atoms in total. The van der Waals surface area contributed by atoms with Gasteiger partial charge in [0.25, 0.3) is 0 Å². The molecule has 0 amide bonds. The van der Waals surface area contributed by atoms with E-state index in [9.17, 15) is 0 Å². The van der Waals surface area contributed by atoms with Crippen molar-refractivity contribution in [3.8, 4) is 0 Å². The van der Waals surface area contributed by atoms with Gasteiger partial charge in [-0.25, -0.2) is 0 Å². The summed E-state index contributed by atoms with van der Waals surface area (Å²) in [5, 5.41) is 0. The molecule has 1 aromatic rings. The zero-order valence-electron chi connectivity index (χ0n) is 8.18. The van der Waals surface area contributed by atoms with E-state index in [1.807, 2.05) is 7.05 Å². The highest BCUT2D eigenvalue weighted by molar-refractivity contribution is 6.01. The van der Waals surface area contributed by atoms with Crippen LogP contribution in [0.25, 0.3) is 0 Å². The topological polar surface area (TPSA) is 12.4 Å². The lowest BCUT2D eigenvalue weighted by Gasteiger charge is -2.07. The highest BCUT2D eigenvalue weighted by Crippen LogP contribution is 2.13. The second-order valence-electron chi connectivity index (χ2n) is 3.08. The van der Waals surface area contributed by atoms with E-state index < -0.39 is 0 Å². The number of rotatable bonds is 1. The average Bonchev–Trinajstić information content (AvgIpc) is 2.03. The summed E-state index contributed by atoms with van der Waals surface area (Å²) >= 11 is 0. The lowest BCUT2D eigenvalue weighted by Crippen LogP contribution is -2.00. The van der Waals surface area contributed by atoms with Gasteiger partial charge in [-0.2, -0.15) is 0 Å². The van der Waals surface area contributed by atoms with Gasteiger partial charge >= 0.3 is 0 Å². The summed E-state index contributed by atoms with van der Waals surface area (Å²) in [5.41, 5.74) is 5.02. The van der Waals surface area contributed by atoms with Gasteiger partial charge in [0.1, 0.15) is 0 Å². The first kappa shape index (κ1) is 8.98. The molecule has 0 radical (unpaired) electrons. The smallest absolute Gasteiger partial charge is 0.0391 e. The minimum Gasteiger partial charge on any atom is -0.293 e. The Bertz CT molecular complexity index is 291. The predicted molar refractivity (Wildman–Crippen MR) is 54.1 cm³/mol. The van der Waals surface area contributed by atoms with E-state index in [0.717, 1.165) is 5.71 Å². The molecule has 0 atom stereocenters. The molecule has 0 aliphatic heterocycles. The monoisotopic (exact) mass is 161 g/mol. The summed E-state index contributed by atoms with van der Waals surface area (Å²) in [6.07, 6.45) is 0. The molecule has 0 saturated heterocycles. The molecule has 0 bridgehead atoms. The van der Waals surface area contributed by atoms with E-state index in [2.05, 4.69) is 44.0 Å². The Labute approximate surface area is 74.2 Å². The van der Waals surface area contributed by atoms with Crippen LogP contribution < -0.4 is 0 Å². The predicted octanol–water partition coefficient (Wildman–Crippen LogP) is 2.74. The number of aryl methyl sites for hydroxylation is 2. The van der Waals surface area contributed by atoms with Gasteiger partial charge in [-0.1, -0.05) is 18.2 Å². The standard InChI is InChI=1S/C11H15N/c1-8-6-5-7-9(2)11(8)10(3)12-4/h5-7H,1-4H3/b12-10-. The molecule has 12 heavy (non-hydrogen) atoms. The average molecular weight is 161 g/mol. The molecule has 0 spiro atoms. The van der Waals surface area contributed by atoms with Crippen molar-refractivity contribution >= 4 is 5.71 Å². The molecule has 0 N–H and O–H groups in total. The van der Waals surface area contributed by atoms with E-state index in [1.165, 1.54) is 16.7 Å².